The number of benzene rings is 1. The van der Waals surface area contributed by atoms with Crippen LogP contribution >= 0.6 is 0 Å². The number of para-hydroxylation sites is 1. The van der Waals surface area contributed by atoms with Crippen molar-refractivity contribution in [3.8, 4) is 5.75 Å². The van der Waals surface area contributed by atoms with E-state index in [2.05, 4.69) is 6.08 Å². The number of fused-ring (bicyclic) bond motifs is 1. The second-order valence-corrected chi connectivity index (χ2v) is 7.08. The molecule has 0 aromatic heterocycles. The molecule has 39 heavy (non-hydrogen) atoms. The van der Waals surface area contributed by atoms with Gasteiger partial charge in [-0.1, -0.05) is 24.3 Å². The average Bonchev–Trinajstić information content (AvgIpc) is 2.72. The number of hydrogen-bond acceptors (Lipinski definition) is 15. The number of carboxylic acid groups (broad SMARTS) is 6. The molecule has 0 spiro atoms. The Labute approximate surface area is 332 Å². The molecule has 2 rings (SSSR count). The fraction of sp³-hybridized carbons (Fsp3) is 0.333. The smallest absolute Gasteiger partial charge is 0.550 e. The molecule has 198 valence electrons. The first kappa shape index (κ1) is 45.9. The zero-order valence-corrected chi connectivity index (χ0v) is 30.8. The van der Waals surface area contributed by atoms with Crippen LogP contribution in [-0.2, 0) is 28.8 Å². The second kappa shape index (κ2) is 22.5. The van der Waals surface area contributed by atoms with Crippen molar-refractivity contribution in [2.24, 2.45) is 0 Å². The van der Waals surface area contributed by atoms with Crippen LogP contribution in [0.1, 0.15) is 31.2 Å². The molecule has 1 aromatic rings. The molecule has 0 saturated heterocycles. The van der Waals surface area contributed by atoms with Crippen molar-refractivity contribution in [3.05, 3.63) is 35.9 Å². The topological polar surface area (TPSA) is 290 Å². The van der Waals surface area contributed by atoms with Crippen molar-refractivity contribution >= 4 is 178 Å². The van der Waals surface area contributed by atoms with E-state index in [0.29, 0.717) is 6.61 Å². The van der Waals surface area contributed by atoms with Crippen LogP contribution in [0.25, 0.3) is 6.08 Å². The first-order valence-corrected chi connectivity index (χ1v) is 9.58. The summed E-state index contributed by atoms with van der Waals surface area (Å²) in [4.78, 5) is 60.0. The third kappa shape index (κ3) is 19.7. The van der Waals surface area contributed by atoms with E-state index in [0.717, 1.165) is 5.75 Å². The standard InChI is InChI=1S/C9H8O.2C6H8O7.3Sr/c1-2-6-9-8(4-1)5-3-7-10-9;2*7-3(8)1-6(13,5(11)12)2-4(9)10;;;/h1-6H,7H2;2*13H,1-2H2,(H,7,8)(H,9,10)(H,11,12);;;/q;;;3*+2/p-6. The number of carbonyl (C=O) groups is 6. The summed E-state index contributed by atoms with van der Waals surface area (Å²) in [7, 11) is 0. The van der Waals surface area contributed by atoms with Crippen molar-refractivity contribution in [2.75, 3.05) is 6.61 Å². The van der Waals surface area contributed by atoms with Gasteiger partial charge in [-0.2, -0.15) is 0 Å². The number of ether oxygens (including phenoxy) is 1. The van der Waals surface area contributed by atoms with E-state index in [1.165, 1.54) is 5.56 Å². The van der Waals surface area contributed by atoms with Gasteiger partial charge in [0.25, 0.3) is 0 Å². The summed E-state index contributed by atoms with van der Waals surface area (Å²) < 4.78 is 5.34. The monoisotopic (exact) mass is 774 g/mol. The third-order valence-electron chi connectivity index (χ3n) is 4.06. The predicted octanol–water partition coefficient (Wildman–Crippen LogP) is -9.56. The Morgan fingerprint density at radius 1 is 0.667 bits per heavy atom. The summed E-state index contributed by atoms with van der Waals surface area (Å²) in [6.07, 6.45) is -1.33. The molecule has 1 heterocycles. The molecule has 1 aliphatic heterocycles. The first-order chi connectivity index (χ1) is 16.5. The molecule has 0 amide bonds. The number of hydrogen-bond donors (Lipinski definition) is 2. The second-order valence-electron chi connectivity index (χ2n) is 7.08. The minimum Gasteiger partial charge on any atom is -0.550 e. The van der Waals surface area contributed by atoms with Crippen LogP contribution in [0.2, 0.25) is 0 Å². The molecule has 0 aliphatic carbocycles. The molecular weight excluding hydrogens is 755 g/mol. The van der Waals surface area contributed by atoms with Crippen molar-refractivity contribution in [3.63, 3.8) is 0 Å². The molecule has 1 aliphatic rings. The van der Waals surface area contributed by atoms with Crippen LogP contribution < -0.4 is 35.4 Å². The quantitative estimate of drug-likeness (QED) is 0.209. The molecule has 15 nitrogen and oxygen atoms in total. The number of carbonyl (C=O) groups excluding carboxylic acids is 6. The van der Waals surface area contributed by atoms with Gasteiger partial charge in [0.15, 0.2) is 0 Å². The fourth-order valence-corrected chi connectivity index (χ4v) is 2.43. The SMILES string of the molecule is C1=Cc2ccccc2OC1.O=C([O-])CC(O)(CC(=O)[O-])C(=O)[O-].O=C([O-])CC(O)(CC(=O)[O-])C(=O)[O-].[Sr+2].[Sr+2].[Sr+2]. The van der Waals surface area contributed by atoms with E-state index in [1.54, 1.807) is 0 Å². The number of rotatable bonds is 10. The van der Waals surface area contributed by atoms with E-state index in [4.69, 9.17) is 14.9 Å². The molecule has 0 saturated carbocycles. The Bertz CT molecular complexity index is 942. The summed E-state index contributed by atoms with van der Waals surface area (Å²) in [5.41, 5.74) is -4.77. The van der Waals surface area contributed by atoms with Crippen LogP contribution in [-0.4, -0.2) is 200 Å². The van der Waals surface area contributed by atoms with Gasteiger partial charge in [-0.25, -0.2) is 0 Å². The summed E-state index contributed by atoms with van der Waals surface area (Å²) in [6, 6.07) is 8.03. The first-order valence-electron chi connectivity index (χ1n) is 9.58. The van der Waals surface area contributed by atoms with Crippen LogP contribution in [0, 0.1) is 0 Å². The Kier molecular flexibility index (Phi) is 26.5. The van der Waals surface area contributed by atoms with E-state index in [9.17, 15) is 59.4 Å². The Balaban J connectivity index is -0.000000228. The number of aliphatic hydroxyl groups is 2. The largest absolute Gasteiger partial charge is 2.00 e. The van der Waals surface area contributed by atoms with Gasteiger partial charge in [-0.3, -0.25) is 0 Å². The van der Waals surface area contributed by atoms with E-state index in [1.807, 2.05) is 30.3 Å². The Morgan fingerprint density at radius 2 is 1.00 bits per heavy atom. The van der Waals surface area contributed by atoms with E-state index < -0.39 is 72.7 Å². The molecule has 0 atom stereocenters. The van der Waals surface area contributed by atoms with E-state index in [-0.39, 0.29) is 136 Å². The number of aliphatic carboxylic acids is 6. The molecule has 0 bridgehead atoms. The molecule has 2 N–H and O–H groups in total. The zero-order chi connectivity index (χ0) is 28.1. The predicted molar refractivity (Wildman–Crippen MR) is 117 cm³/mol. The van der Waals surface area contributed by atoms with Gasteiger partial charge in [-0.05, 0) is 12.1 Å². The van der Waals surface area contributed by atoms with Crippen LogP contribution in [0.5, 0.6) is 5.75 Å². The molecule has 0 fully saturated rings. The maximum atomic E-state index is 10.1. The Hall–Kier alpha value is -0.0584. The zero-order valence-electron chi connectivity index (χ0n) is 20.3. The van der Waals surface area contributed by atoms with Crippen molar-refractivity contribution < 1.29 is 74.4 Å². The van der Waals surface area contributed by atoms with Crippen molar-refractivity contribution in [2.45, 2.75) is 36.9 Å². The van der Waals surface area contributed by atoms with Crippen molar-refractivity contribution in [1.29, 1.82) is 0 Å². The van der Waals surface area contributed by atoms with E-state index >= 15 is 0 Å². The number of carboxylic acids is 6. The van der Waals surface area contributed by atoms with Crippen LogP contribution in [0.3, 0.4) is 0 Å². The molecule has 0 unspecified atom stereocenters. The molecular formula is C21H18O15Sr3. The Morgan fingerprint density at radius 3 is 1.28 bits per heavy atom. The summed E-state index contributed by atoms with van der Waals surface area (Å²) in [6.45, 7) is 0.705. The van der Waals surface area contributed by atoms with Gasteiger partial charge in [0, 0.05) is 55.1 Å². The van der Waals surface area contributed by atoms with Gasteiger partial charge in [-0.15, -0.1) is 0 Å². The molecule has 1 aromatic carbocycles. The maximum Gasteiger partial charge on any atom is 2.00 e. The third-order valence-corrected chi connectivity index (χ3v) is 4.06. The normalized spacial score (nSPS) is 10.8. The van der Waals surface area contributed by atoms with Gasteiger partial charge in [0.1, 0.15) is 23.6 Å². The van der Waals surface area contributed by atoms with Crippen LogP contribution in [0.4, 0.5) is 0 Å². The molecule has 18 heteroatoms. The maximum absolute atomic E-state index is 10.1. The summed E-state index contributed by atoms with van der Waals surface area (Å²) >= 11 is 0. The van der Waals surface area contributed by atoms with Gasteiger partial charge in [0.2, 0.25) is 0 Å². The summed E-state index contributed by atoms with van der Waals surface area (Å²) in [5, 5.41) is 77.9. The molecule has 0 radical (unpaired) electrons. The van der Waals surface area contributed by atoms with Gasteiger partial charge in [0.05, 0.1) is 11.9 Å². The fourth-order valence-electron chi connectivity index (χ4n) is 2.43. The summed E-state index contributed by atoms with van der Waals surface area (Å²) in [5.74, 6) is -11.0. The average molecular weight is 773 g/mol. The van der Waals surface area contributed by atoms with Crippen molar-refractivity contribution in [1.82, 2.24) is 0 Å². The minimum absolute atomic E-state index is 0. The van der Waals surface area contributed by atoms with Crippen LogP contribution in [0.15, 0.2) is 30.3 Å². The van der Waals surface area contributed by atoms with Gasteiger partial charge < -0.3 is 74.4 Å². The minimum atomic E-state index is -2.97. The van der Waals surface area contributed by atoms with Gasteiger partial charge >= 0.3 is 136 Å².